The zero-order chi connectivity index (χ0) is 24.0. The molecule has 0 aliphatic carbocycles. The minimum Gasteiger partial charge on any atom is -0.479 e. The minimum absolute atomic E-state index is 0.0900. The van der Waals surface area contributed by atoms with Crippen molar-refractivity contribution in [3.8, 4) is 5.75 Å². The molecule has 1 saturated heterocycles. The topological polar surface area (TPSA) is 117 Å². The van der Waals surface area contributed by atoms with Gasteiger partial charge in [0.15, 0.2) is 11.3 Å². The Morgan fingerprint density at radius 2 is 1.97 bits per heavy atom. The van der Waals surface area contributed by atoms with Gasteiger partial charge in [0.25, 0.3) is 5.91 Å². The minimum atomic E-state index is -1.07. The number of thioether (sulfide) groups is 1. The Hall–Kier alpha value is -3.85. The monoisotopic (exact) mass is 466 g/mol. The number of hydrogen-bond donors (Lipinski definition) is 2. The van der Waals surface area contributed by atoms with Crippen LogP contribution in [0.25, 0.3) is 6.08 Å². The van der Waals surface area contributed by atoms with Crippen molar-refractivity contribution in [1.82, 2.24) is 4.90 Å². The fourth-order valence-corrected chi connectivity index (χ4v) is 4.01. The number of carbonyl (C=O) groups is 3. The lowest BCUT2D eigenvalue weighted by Crippen LogP contribution is -2.29. The number of benzene rings is 2. The number of carboxylic acids is 2. The van der Waals surface area contributed by atoms with Gasteiger partial charge in [-0.25, -0.2) is 14.6 Å². The van der Waals surface area contributed by atoms with Gasteiger partial charge in [-0.1, -0.05) is 37.3 Å². The van der Waals surface area contributed by atoms with Crippen LogP contribution in [0.5, 0.6) is 5.75 Å². The van der Waals surface area contributed by atoms with E-state index in [0.717, 1.165) is 11.8 Å². The molecule has 0 radical (unpaired) electrons. The maximum Gasteiger partial charge on any atom is 0.344 e. The first-order chi connectivity index (χ1) is 15.8. The summed E-state index contributed by atoms with van der Waals surface area (Å²) in [5.74, 6) is -2.09. The summed E-state index contributed by atoms with van der Waals surface area (Å²) in [6, 6.07) is 13.0. The summed E-state index contributed by atoms with van der Waals surface area (Å²) >= 11 is 1.13. The predicted molar refractivity (Wildman–Crippen MR) is 127 cm³/mol. The van der Waals surface area contributed by atoms with E-state index >= 15 is 0 Å². The molecule has 0 saturated carbocycles. The number of amides is 1. The fraction of sp³-hybridized carbons (Fsp3) is 0.167. The molecule has 9 heteroatoms. The van der Waals surface area contributed by atoms with Crippen LogP contribution in [0.2, 0.25) is 0 Å². The van der Waals surface area contributed by atoms with Crippen molar-refractivity contribution < 1.29 is 29.3 Å². The predicted octanol–water partition coefficient (Wildman–Crippen LogP) is 4.42. The molecule has 1 aliphatic heterocycles. The molecule has 2 N–H and O–H groups in total. The van der Waals surface area contributed by atoms with E-state index in [9.17, 15) is 24.6 Å². The zero-order valence-electron chi connectivity index (χ0n) is 17.8. The number of nitrogens with zero attached hydrogens (tertiary/aromatic N) is 2. The van der Waals surface area contributed by atoms with Gasteiger partial charge in [-0.2, -0.15) is 0 Å². The number of amidine groups is 1. The molecule has 0 aromatic heterocycles. The molecule has 3 rings (SSSR count). The SMILES string of the molecule is C=CCN1C(=O)/C(=C/c2ccccc2OC(CC)C(=O)O)SC1=Nc1cccc(C(=O)O)c1. The van der Waals surface area contributed by atoms with Crippen LogP contribution in [-0.2, 0) is 9.59 Å². The first-order valence-corrected chi connectivity index (χ1v) is 10.9. The number of rotatable bonds is 9. The van der Waals surface area contributed by atoms with Crippen LogP contribution in [0.3, 0.4) is 0 Å². The molecular weight excluding hydrogens is 444 g/mol. The van der Waals surface area contributed by atoms with E-state index in [1.807, 2.05) is 0 Å². The number of carbonyl (C=O) groups excluding carboxylic acids is 1. The molecule has 8 nitrogen and oxygen atoms in total. The highest BCUT2D eigenvalue weighted by atomic mass is 32.2. The van der Waals surface area contributed by atoms with Gasteiger partial charge in [0.05, 0.1) is 16.2 Å². The van der Waals surface area contributed by atoms with Crippen LogP contribution in [0.4, 0.5) is 5.69 Å². The van der Waals surface area contributed by atoms with Gasteiger partial charge in [0.1, 0.15) is 5.75 Å². The second-order valence-electron chi connectivity index (χ2n) is 6.96. The van der Waals surface area contributed by atoms with E-state index in [1.165, 1.54) is 17.0 Å². The lowest BCUT2D eigenvalue weighted by molar-refractivity contribution is -0.145. The molecule has 1 amide bonds. The van der Waals surface area contributed by atoms with E-state index < -0.39 is 18.0 Å². The molecule has 2 aromatic rings. The third-order valence-corrected chi connectivity index (χ3v) is 5.65. The smallest absolute Gasteiger partial charge is 0.344 e. The summed E-state index contributed by atoms with van der Waals surface area (Å²) in [5.41, 5.74) is 1.05. The van der Waals surface area contributed by atoms with Crippen molar-refractivity contribution in [3.63, 3.8) is 0 Å². The lowest BCUT2D eigenvalue weighted by atomic mass is 10.1. The lowest BCUT2D eigenvalue weighted by Gasteiger charge is -2.15. The van der Waals surface area contributed by atoms with Crippen LogP contribution in [0, 0.1) is 0 Å². The fourth-order valence-electron chi connectivity index (χ4n) is 3.01. The summed E-state index contributed by atoms with van der Waals surface area (Å²) < 4.78 is 5.65. The normalized spacial score (nSPS) is 16.8. The van der Waals surface area contributed by atoms with Crippen molar-refractivity contribution >= 4 is 46.5 Å². The zero-order valence-corrected chi connectivity index (χ0v) is 18.6. The average molecular weight is 467 g/mol. The largest absolute Gasteiger partial charge is 0.479 e. The Bertz CT molecular complexity index is 1160. The first-order valence-electron chi connectivity index (χ1n) is 10.1. The Kier molecular flexibility index (Phi) is 7.68. The highest BCUT2D eigenvalue weighted by molar-refractivity contribution is 8.18. The van der Waals surface area contributed by atoms with Gasteiger partial charge in [-0.05, 0) is 48.5 Å². The molecular formula is C24H22N2O6S. The molecule has 1 aliphatic rings. The number of aliphatic carboxylic acids is 1. The van der Waals surface area contributed by atoms with Gasteiger partial charge >= 0.3 is 11.9 Å². The molecule has 170 valence electrons. The molecule has 1 fully saturated rings. The van der Waals surface area contributed by atoms with Crippen molar-refractivity contribution in [2.45, 2.75) is 19.4 Å². The third-order valence-electron chi connectivity index (χ3n) is 4.64. The van der Waals surface area contributed by atoms with Crippen LogP contribution in [-0.4, -0.2) is 50.8 Å². The van der Waals surface area contributed by atoms with Gasteiger partial charge in [-0.15, -0.1) is 6.58 Å². The maximum atomic E-state index is 13.1. The highest BCUT2D eigenvalue weighted by Gasteiger charge is 2.33. The molecule has 33 heavy (non-hydrogen) atoms. The number of carboxylic acid groups (broad SMARTS) is 2. The van der Waals surface area contributed by atoms with Crippen LogP contribution >= 0.6 is 11.8 Å². The third kappa shape index (κ3) is 5.69. The average Bonchev–Trinajstić information content (AvgIpc) is 3.07. The summed E-state index contributed by atoms with van der Waals surface area (Å²) in [6.45, 7) is 5.62. The van der Waals surface area contributed by atoms with Gasteiger partial charge < -0.3 is 14.9 Å². The number of ether oxygens (including phenoxy) is 1. The second kappa shape index (κ2) is 10.6. The number of aliphatic imine (C=N–C) groups is 1. The molecule has 0 spiro atoms. The maximum absolute atomic E-state index is 13.1. The van der Waals surface area contributed by atoms with Gasteiger partial charge in [0.2, 0.25) is 0 Å². The number of para-hydroxylation sites is 1. The Balaban J connectivity index is 1.96. The van der Waals surface area contributed by atoms with Crippen molar-refractivity contribution in [3.05, 3.63) is 77.2 Å². The summed E-state index contributed by atoms with van der Waals surface area (Å²) in [6.07, 6.45) is 2.48. The highest BCUT2D eigenvalue weighted by Crippen LogP contribution is 2.35. The molecule has 2 aromatic carbocycles. The Morgan fingerprint density at radius 1 is 1.21 bits per heavy atom. The van der Waals surface area contributed by atoms with Crippen molar-refractivity contribution in [1.29, 1.82) is 0 Å². The number of hydrogen-bond acceptors (Lipinski definition) is 6. The molecule has 0 bridgehead atoms. The van der Waals surface area contributed by atoms with Gasteiger partial charge in [0, 0.05) is 12.1 Å². The summed E-state index contributed by atoms with van der Waals surface area (Å²) in [5, 5.41) is 18.9. The van der Waals surface area contributed by atoms with E-state index in [1.54, 1.807) is 55.5 Å². The quantitative estimate of drug-likeness (QED) is 0.415. The van der Waals surface area contributed by atoms with Crippen LogP contribution in [0.15, 0.2) is 71.1 Å². The number of aromatic carboxylic acids is 1. The molecule has 1 unspecified atom stereocenters. The molecule has 1 heterocycles. The van der Waals surface area contributed by atoms with Crippen molar-refractivity contribution in [2.75, 3.05) is 6.54 Å². The first kappa shape index (κ1) is 23.8. The molecule has 1 atom stereocenters. The summed E-state index contributed by atoms with van der Waals surface area (Å²) in [7, 11) is 0. The van der Waals surface area contributed by atoms with E-state index in [2.05, 4.69) is 11.6 Å². The second-order valence-corrected chi connectivity index (χ2v) is 7.96. The van der Waals surface area contributed by atoms with Crippen LogP contribution in [0.1, 0.15) is 29.3 Å². The van der Waals surface area contributed by atoms with Crippen molar-refractivity contribution in [2.24, 2.45) is 4.99 Å². The van der Waals surface area contributed by atoms with E-state index in [0.29, 0.717) is 27.1 Å². The van der Waals surface area contributed by atoms with E-state index in [-0.39, 0.29) is 24.4 Å². The summed E-state index contributed by atoms with van der Waals surface area (Å²) in [4.78, 5) is 41.9. The van der Waals surface area contributed by atoms with Crippen LogP contribution < -0.4 is 4.74 Å². The van der Waals surface area contributed by atoms with Gasteiger partial charge in [-0.3, -0.25) is 9.69 Å². The Morgan fingerprint density at radius 3 is 2.64 bits per heavy atom. The standard InChI is InChI=1S/C24H22N2O6S/c1-3-12-26-21(27)20(33-24(26)25-17-10-7-9-16(13-17)22(28)29)14-15-8-5-6-11-19(15)32-18(4-2)23(30)31/h3,5-11,13-14,18H,1,4,12H2,2H3,(H,28,29)(H,30,31)/b20-14-,25-24?. The van der Waals surface area contributed by atoms with E-state index in [4.69, 9.17) is 4.74 Å². The Labute approximate surface area is 194 Å².